The second-order valence-electron chi connectivity index (χ2n) is 9.02. The summed E-state index contributed by atoms with van der Waals surface area (Å²) in [5, 5.41) is 2.35. The van der Waals surface area contributed by atoms with Gasteiger partial charge in [0.2, 0.25) is 0 Å². The number of H-pyrrole nitrogens is 1. The molecule has 0 atom stereocenters. The summed E-state index contributed by atoms with van der Waals surface area (Å²) in [7, 11) is -1.16. The molecule has 1 fully saturated rings. The molecule has 8 heteroatoms. The van der Waals surface area contributed by atoms with Crippen molar-refractivity contribution in [1.82, 2.24) is 14.9 Å². The van der Waals surface area contributed by atoms with E-state index < -0.39 is 9.84 Å². The molecule has 0 aliphatic carbocycles. The number of aromatic amines is 1. The molecule has 1 N–H and O–H groups in total. The average Bonchev–Trinajstić information content (AvgIpc) is 3.22. The van der Waals surface area contributed by atoms with Gasteiger partial charge < -0.3 is 14.6 Å². The van der Waals surface area contributed by atoms with Crippen LogP contribution in [0.3, 0.4) is 0 Å². The topological polar surface area (TPSA) is 75.3 Å². The Morgan fingerprint density at radius 2 is 1.94 bits per heavy atom. The van der Waals surface area contributed by atoms with Gasteiger partial charge in [0.1, 0.15) is 11.4 Å². The molecule has 0 radical (unpaired) electrons. The van der Waals surface area contributed by atoms with E-state index in [1.807, 2.05) is 24.3 Å². The SMILES string of the molecule is C.CCS(=O)(=O)c1cccc(-c2ccc(OCC3CCN(C)CC3)c3[nH]c4ncc(Cl)cc4c23)c1. The highest BCUT2D eigenvalue weighted by atomic mass is 35.5. The van der Waals surface area contributed by atoms with E-state index in [0.29, 0.717) is 28.1 Å². The minimum absolute atomic E-state index is 0. The maximum absolute atomic E-state index is 12.5. The molecule has 0 bridgehead atoms. The fourth-order valence-corrected chi connectivity index (χ4v) is 5.74. The van der Waals surface area contributed by atoms with Gasteiger partial charge in [-0.2, -0.15) is 0 Å². The Balaban J connectivity index is 0.00000289. The van der Waals surface area contributed by atoms with Crippen molar-refractivity contribution < 1.29 is 13.2 Å². The number of piperidine rings is 1. The molecular weight excluding hydrogens is 482 g/mol. The molecule has 35 heavy (non-hydrogen) atoms. The molecule has 0 spiro atoms. The number of rotatable bonds is 6. The number of halogens is 1. The minimum Gasteiger partial charge on any atom is -0.491 e. The van der Waals surface area contributed by atoms with E-state index in [0.717, 1.165) is 59.1 Å². The number of ether oxygens (including phenoxy) is 1. The monoisotopic (exact) mass is 513 g/mol. The quantitative estimate of drug-likeness (QED) is 0.333. The number of sulfone groups is 1. The number of benzene rings is 2. The smallest absolute Gasteiger partial charge is 0.178 e. The fourth-order valence-electron chi connectivity index (χ4n) is 4.66. The summed E-state index contributed by atoms with van der Waals surface area (Å²) < 4.78 is 31.4. The lowest BCUT2D eigenvalue weighted by Gasteiger charge is -2.28. The Kier molecular flexibility index (Phi) is 7.40. The predicted molar refractivity (Wildman–Crippen MR) is 144 cm³/mol. The number of aromatic nitrogens is 2. The summed E-state index contributed by atoms with van der Waals surface area (Å²) in [6.45, 7) is 4.50. The van der Waals surface area contributed by atoms with E-state index in [4.69, 9.17) is 16.3 Å². The summed E-state index contributed by atoms with van der Waals surface area (Å²) in [6.07, 6.45) is 3.87. The molecule has 2 aromatic carbocycles. The number of nitrogens with zero attached hydrogens (tertiary/aromatic N) is 2. The fraction of sp³-hybridized carbons (Fsp3) is 0.370. The van der Waals surface area contributed by atoms with Crippen molar-refractivity contribution in [2.45, 2.75) is 32.1 Å². The van der Waals surface area contributed by atoms with Crippen LogP contribution in [0.2, 0.25) is 5.02 Å². The Labute approximate surface area is 212 Å². The number of nitrogens with one attached hydrogen (secondary N) is 1. The van der Waals surface area contributed by atoms with E-state index in [1.54, 1.807) is 31.3 Å². The molecule has 0 saturated carbocycles. The summed E-state index contributed by atoms with van der Waals surface area (Å²) in [6, 6.07) is 13.0. The third-order valence-corrected chi connectivity index (χ3v) is 8.67. The first-order valence-corrected chi connectivity index (χ1v) is 13.6. The summed E-state index contributed by atoms with van der Waals surface area (Å²) >= 11 is 6.30. The highest BCUT2D eigenvalue weighted by molar-refractivity contribution is 7.91. The van der Waals surface area contributed by atoms with Gasteiger partial charge in [0.15, 0.2) is 9.84 Å². The van der Waals surface area contributed by atoms with Crippen LogP contribution in [0.15, 0.2) is 53.6 Å². The summed E-state index contributed by atoms with van der Waals surface area (Å²) in [4.78, 5) is 10.6. The van der Waals surface area contributed by atoms with Crippen molar-refractivity contribution in [2.75, 3.05) is 32.5 Å². The van der Waals surface area contributed by atoms with Crippen molar-refractivity contribution in [2.24, 2.45) is 5.92 Å². The molecule has 5 rings (SSSR count). The first-order chi connectivity index (χ1) is 16.4. The van der Waals surface area contributed by atoms with Crippen LogP contribution in [-0.2, 0) is 9.84 Å². The van der Waals surface area contributed by atoms with Gasteiger partial charge in [-0.3, -0.25) is 0 Å². The van der Waals surface area contributed by atoms with Gasteiger partial charge in [0.05, 0.1) is 27.8 Å². The standard InChI is InChI=1S/C26H28ClN3O3S.CH4/c1-3-34(31,32)20-6-4-5-18(13-20)21-7-8-23(33-16-17-9-11-30(2)12-10-17)25-24(21)22-14-19(27)15-28-26(22)29-25;/h4-8,13-15,17H,3,9-12,16H2,1-2H3,(H,28,29);1H4. The molecule has 1 aliphatic rings. The third-order valence-electron chi connectivity index (χ3n) is 6.73. The van der Waals surface area contributed by atoms with Crippen LogP contribution in [-0.4, -0.2) is 55.8 Å². The van der Waals surface area contributed by atoms with E-state index in [-0.39, 0.29) is 13.2 Å². The lowest BCUT2D eigenvalue weighted by molar-refractivity contribution is 0.161. The normalized spacial score (nSPS) is 15.4. The number of fused-ring (bicyclic) bond motifs is 3. The van der Waals surface area contributed by atoms with Gasteiger partial charge in [-0.05, 0) is 80.4 Å². The van der Waals surface area contributed by atoms with Gasteiger partial charge in [0.25, 0.3) is 0 Å². The Hall–Kier alpha value is -2.61. The van der Waals surface area contributed by atoms with Crippen LogP contribution in [0, 0.1) is 5.92 Å². The van der Waals surface area contributed by atoms with Gasteiger partial charge in [-0.1, -0.05) is 38.1 Å². The Morgan fingerprint density at radius 3 is 2.69 bits per heavy atom. The molecule has 0 amide bonds. The lowest BCUT2D eigenvalue weighted by Crippen LogP contribution is -2.32. The first kappa shape index (κ1) is 25.5. The van der Waals surface area contributed by atoms with Crippen LogP contribution in [0.4, 0.5) is 0 Å². The molecule has 0 unspecified atom stereocenters. The zero-order valence-corrected chi connectivity index (χ0v) is 20.9. The van der Waals surface area contributed by atoms with Crippen LogP contribution >= 0.6 is 11.6 Å². The molecule has 1 aliphatic heterocycles. The average molecular weight is 514 g/mol. The van der Waals surface area contributed by atoms with Crippen LogP contribution < -0.4 is 4.74 Å². The van der Waals surface area contributed by atoms with Crippen LogP contribution in [0.5, 0.6) is 5.75 Å². The van der Waals surface area contributed by atoms with Crippen molar-refractivity contribution in [3.63, 3.8) is 0 Å². The number of pyridine rings is 1. The van der Waals surface area contributed by atoms with E-state index >= 15 is 0 Å². The van der Waals surface area contributed by atoms with Gasteiger partial charge in [-0.25, -0.2) is 13.4 Å². The maximum atomic E-state index is 12.5. The second kappa shape index (κ2) is 10.2. The molecular formula is C27H32ClN3O3S. The molecule has 4 aromatic rings. The highest BCUT2D eigenvalue weighted by Gasteiger charge is 2.21. The molecule has 3 heterocycles. The Morgan fingerprint density at radius 1 is 1.17 bits per heavy atom. The van der Waals surface area contributed by atoms with Gasteiger partial charge in [0, 0.05) is 17.0 Å². The van der Waals surface area contributed by atoms with Crippen LogP contribution in [0.25, 0.3) is 33.1 Å². The Bertz CT molecular complexity index is 1460. The molecule has 186 valence electrons. The van der Waals surface area contributed by atoms with E-state index in [1.165, 1.54) is 0 Å². The van der Waals surface area contributed by atoms with Crippen molar-refractivity contribution in [3.05, 3.63) is 53.7 Å². The van der Waals surface area contributed by atoms with Gasteiger partial charge >= 0.3 is 0 Å². The zero-order valence-electron chi connectivity index (χ0n) is 19.3. The predicted octanol–water partition coefficient (Wildman–Crippen LogP) is 6.19. The maximum Gasteiger partial charge on any atom is 0.178 e. The summed E-state index contributed by atoms with van der Waals surface area (Å²) in [5.74, 6) is 1.35. The number of hydrogen-bond donors (Lipinski definition) is 1. The van der Waals surface area contributed by atoms with Crippen LogP contribution in [0.1, 0.15) is 27.2 Å². The highest BCUT2D eigenvalue weighted by Crippen LogP contribution is 2.40. The zero-order chi connectivity index (χ0) is 23.9. The van der Waals surface area contributed by atoms with Crippen molar-refractivity contribution in [1.29, 1.82) is 0 Å². The largest absolute Gasteiger partial charge is 0.491 e. The van der Waals surface area contributed by atoms with Crippen molar-refractivity contribution >= 4 is 43.4 Å². The van der Waals surface area contributed by atoms with E-state index in [9.17, 15) is 8.42 Å². The van der Waals surface area contributed by atoms with Gasteiger partial charge in [-0.15, -0.1) is 0 Å². The number of hydrogen-bond acceptors (Lipinski definition) is 5. The van der Waals surface area contributed by atoms with E-state index in [2.05, 4.69) is 21.9 Å². The minimum atomic E-state index is -3.32. The second-order valence-corrected chi connectivity index (χ2v) is 11.7. The molecule has 6 nitrogen and oxygen atoms in total. The molecule has 1 saturated heterocycles. The lowest BCUT2D eigenvalue weighted by atomic mass is 9.98. The summed E-state index contributed by atoms with van der Waals surface area (Å²) in [5.41, 5.74) is 3.29. The molecule has 2 aromatic heterocycles. The van der Waals surface area contributed by atoms with Crippen molar-refractivity contribution in [3.8, 4) is 16.9 Å². The third kappa shape index (κ3) is 5.03. The first-order valence-electron chi connectivity index (χ1n) is 11.6. The number of likely N-dealkylation sites (tertiary alicyclic amines) is 1.